The van der Waals surface area contributed by atoms with Crippen LogP contribution in [0.3, 0.4) is 0 Å². The highest BCUT2D eigenvalue weighted by Gasteiger charge is 2.58. The van der Waals surface area contributed by atoms with Crippen molar-refractivity contribution in [1.29, 1.82) is 0 Å². The van der Waals surface area contributed by atoms with Gasteiger partial charge in [-0.25, -0.2) is 14.1 Å². The maximum atomic E-state index is 12.7. The molecule has 212 valence electrons. The topological polar surface area (TPSA) is 176 Å². The summed E-state index contributed by atoms with van der Waals surface area (Å²) in [6.07, 6.45) is 6.24. The number of hydrogen-bond donors (Lipinski definition) is 5. The van der Waals surface area contributed by atoms with E-state index in [1.807, 2.05) is 26.0 Å². The largest absolute Gasteiger partial charge is 0.524 e. The van der Waals surface area contributed by atoms with E-state index in [-0.39, 0.29) is 35.8 Å². The second kappa shape index (κ2) is 10.5. The van der Waals surface area contributed by atoms with Gasteiger partial charge in [0.05, 0.1) is 6.10 Å². The summed E-state index contributed by atoms with van der Waals surface area (Å²) in [6, 6.07) is 5.13. The summed E-state index contributed by atoms with van der Waals surface area (Å²) in [7, 11) is -9.40. The lowest BCUT2D eigenvalue weighted by Crippen LogP contribution is -2.44. The summed E-state index contributed by atoms with van der Waals surface area (Å²) in [6.45, 7) is 3.93. The van der Waals surface area contributed by atoms with E-state index >= 15 is 0 Å². The summed E-state index contributed by atoms with van der Waals surface area (Å²) in [5, 5.41) is 3.34. The molecule has 4 unspecified atom stereocenters. The van der Waals surface area contributed by atoms with Gasteiger partial charge >= 0.3 is 15.6 Å². The van der Waals surface area contributed by atoms with Crippen LogP contribution in [0, 0.1) is 24.2 Å². The van der Waals surface area contributed by atoms with E-state index in [0.717, 1.165) is 34.4 Å². The van der Waals surface area contributed by atoms with Crippen molar-refractivity contribution < 1.29 is 42.5 Å². The van der Waals surface area contributed by atoms with Crippen LogP contribution in [0.15, 0.2) is 36.0 Å². The van der Waals surface area contributed by atoms with Gasteiger partial charge in [-0.05, 0) is 80.0 Å². The number of phosphoric acid groups is 2. The van der Waals surface area contributed by atoms with Crippen LogP contribution in [0.4, 0.5) is 5.13 Å². The van der Waals surface area contributed by atoms with Gasteiger partial charge in [0.1, 0.15) is 5.75 Å². The molecule has 1 amide bonds. The van der Waals surface area contributed by atoms with Gasteiger partial charge < -0.3 is 19.6 Å². The number of phosphoric ester groups is 2. The first kappa shape index (κ1) is 28.6. The van der Waals surface area contributed by atoms with Crippen molar-refractivity contribution in [2.75, 3.05) is 5.32 Å². The number of benzene rings is 1. The molecule has 5 rings (SSSR count). The quantitative estimate of drug-likeness (QED) is 0.219. The zero-order valence-corrected chi connectivity index (χ0v) is 24.1. The molecule has 11 nitrogen and oxygen atoms in total. The smallest absolute Gasteiger partial charge is 0.404 e. The summed E-state index contributed by atoms with van der Waals surface area (Å²) in [5.74, 6) is 0.185. The number of hydrogen-bond acceptors (Lipinski definition) is 7. The Labute approximate surface area is 230 Å². The average Bonchev–Trinajstić information content (AvgIpc) is 3.35. The van der Waals surface area contributed by atoms with Crippen molar-refractivity contribution in [3.8, 4) is 5.75 Å². The molecular weight excluding hydrogens is 566 g/mol. The Morgan fingerprint density at radius 1 is 1.23 bits per heavy atom. The minimum Gasteiger partial charge on any atom is -0.404 e. The Hall–Kier alpha value is -1.88. The van der Waals surface area contributed by atoms with Crippen molar-refractivity contribution in [3.05, 3.63) is 52.0 Å². The van der Waals surface area contributed by atoms with Gasteiger partial charge in [0.2, 0.25) is 5.91 Å². The van der Waals surface area contributed by atoms with E-state index in [0.29, 0.717) is 24.4 Å². The van der Waals surface area contributed by atoms with Crippen molar-refractivity contribution in [2.45, 2.75) is 64.4 Å². The van der Waals surface area contributed by atoms with E-state index < -0.39 is 27.2 Å². The fraction of sp³-hybridized carbons (Fsp3) is 0.520. The van der Waals surface area contributed by atoms with Crippen LogP contribution in [0.25, 0.3) is 0 Å². The van der Waals surface area contributed by atoms with Crippen LogP contribution in [0.2, 0.25) is 0 Å². The molecular formula is C25H32N2O9P2S. The number of rotatable bonds is 7. The summed E-state index contributed by atoms with van der Waals surface area (Å²) in [5.41, 5.74) is 2.54. The second-order valence-corrected chi connectivity index (χ2v) is 14.5. The number of nitrogens with zero attached hydrogens (tertiary/aromatic N) is 1. The minimum atomic E-state index is -4.73. The molecule has 1 aromatic carbocycles. The van der Waals surface area contributed by atoms with Crippen LogP contribution < -0.4 is 9.84 Å². The van der Waals surface area contributed by atoms with Gasteiger partial charge in [-0.2, -0.15) is 0 Å². The minimum absolute atomic E-state index is 0.0399. The molecule has 3 aliphatic rings. The van der Waals surface area contributed by atoms with Crippen LogP contribution in [-0.4, -0.2) is 36.6 Å². The lowest BCUT2D eigenvalue weighted by Gasteiger charge is -2.50. The Bertz CT molecular complexity index is 1400. The maximum Gasteiger partial charge on any atom is 0.524 e. The van der Waals surface area contributed by atoms with Gasteiger partial charge in [-0.1, -0.05) is 24.6 Å². The third-order valence-corrected chi connectivity index (χ3v) is 10.2. The van der Waals surface area contributed by atoms with E-state index in [4.69, 9.17) is 9.05 Å². The molecule has 1 heterocycles. The number of carbonyl (C=O) groups excluding carboxylic acids is 1. The molecule has 0 bridgehead atoms. The predicted molar refractivity (Wildman–Crippen MR) is 144 cm³/mol. The molecule has 0 saturated heterocycles. The molecule has 1 aromatic heterocycles. The number of carbonyl (C=O) groups is 1. The van der Waals surface area contributed by atoms with Crippen LogP contribution in [-0.2, 0) is 24.9 Å². The fourth-order valence-corrected chi connectivity index (χ4v) is 8.68. The van der Waals surface area contributed by atoms with Crippen molar-refractivity contribution in [2.24, 2.45) is 17.3 Å². The fourth-order valence-electron chi connectivity index (χ4n) is 6.96. The molecule has 39 heavy (non-hydrogen) atoms. The molecule has 2 fully saturated rings. The van der Waals surface area contributed by atoms with Gasteiger partial charge in [-0.3, -0.25) is 19.1 Å². The number of anilines is 1. The number of aromatic nitrogens is 1. The standard InChI is InChI=1S/C25H32N2O9P2S/c1-14-13-26-24(39-14)27-22(28)8-4-16-12-21(36-38(32,33)34)25(2)10-9-19-18-7-5-17(35-37(29,30)31)11-15(18)3-6-20(19)23(16)25/h4-5,7,11,13,19-21,23H,3,6,8-10,12H2,1-2H3,(H,26,27,28)(H2,29,30,31)(H2,32,33,34)/b16-4+/t19?,20?,21?,23?,25-/m1/s1. The van der Waals surface area contributed by atoms with Crippen LogP contribution in [0.1, 0.15) is 60.9 Å². The van der Waals surface area contributed by atoms with E-state index in [1.165, 1.54) is 11.3 Å². The van der Waals surface area contributed by atoms with Crippen molar-refractivity contribution in [1.82, 2.24) is 4.98 Å². The van der Waals surface area contributed by atoms with Gasteiger partial charge in [0.25, 0.3) is 0 Å². The highest BCUT2D eigenvalue weighted by molar-refractivity contribution is 7.46. The molecule has 5 atom stereocenters. The summed E-state index contributed by atoms with van der Waals surface area (Å²) in [4.78, 5) is 55.5. The molecule has 0 aliphatic heterocycles. The Morgan fingerprint density at radius 3 is 2.67 bits per heavy atom. The van der Waals surface area contributed by atoms with E-state index in [9.17, 15) is 33.5 Å². The first-order valence-corrected chi connectivity index (χ1v) is 16.6. The highest BCUT2D eigenvalue weighted by atomic mass is 32.1. The van der Waals surface area contributed by atoms with Crippen molar-refractivity contribution in [3.63, 3.8) is 0 Å². The number of thiazole rings is 1. The Kier molecular flexibility index (Phi) is 7.72. The highest BCUT2D eigenvalue weighted by Crippen LogP contribution is 2.65. The molecule has 0 spiro atoms. The average molecular weight is 599 g/mol. The summed E-state index contributed by atoms with van der Waals surface area (Å²) >= 11 is 1.39. The SMILES string of the molecule is Cc1cnc(NC(=O)C/C=C2\CC(OP(=O)(O)O)[C@@]3(C)CCC4c5ccc(OP(=O)(O)O)cc5CCC4C23)s1. The molecule has 3 aliphatic carbocycles. The lowest BCUT2D eigenvalue weighted by atomic mass is 9.55. The number of nitrogens with one attached hydrogen (secondary N) is 1. The zero-order valence-electron chi connectivity index (χ0n) is 21.5. The molecule has 14 heteroatoms. The second-order valence-electron chi connectivity index (χ2n) is 10.9. The maximum absolute atomic E-state index is 12.7. The van der Waals surface area contributed by atoms with Crippen molar-refractivity contribution >= 4 is 38.0 Å². The van der Waals surface area contributed by atoms with E-state index in [1.54, 1.807) is 18.3 Å². The zero-order chi connectivity index (χ0) is 28.2. The molecule has 2 saturated carbocycles. The van der Waals surface area contributed by atoms with Crippen LogP contribution >= 0.6 is 27.0 Å². The molecule has 0 radical (unpaired) electrons. The number of fused-ring (bicyclic) bond motifs is 5. The normalized spacial score (nSPS) is 29.4. The Morgan fingerprint density at radius 2 is 2.00 bits per heavy atom. The number of aryl methyl sites for hydroxylation is 2. The predicted octanol–water partition coefficient (Wildman–Crippen LogP) is 4.82. The summed E-state index contributed by atoms with van der Waals surface area (Å²) < 4.78 is 33.3. The monoisotopic (exact) mass is 598 g/mol. The Balaban J connectivity index is 1.43. The van der Waals surface area contributed by atoms with Gasteiger partial charge in [-0.15, -0.1) is 11.3 Å². The first-order chi connectivity index (χ1) is 18.2. The third kappa shape index (κ3) is 6.24. The van der Waals surface area contributed by atoms with Crippen LogP contribution in [0.5, 0.6) is 5.75 Å². The first-order valence-electron chi connectivity index (χ1n) is 12.7. The van der Waals surface area contributed by atoms with Gasteiger partial charge in [0.15, 0.2) is 5.13 Å². The molecule has 2 aromatic rings. The molecule has 5 N–H and O–H groups in total. The lowest BCUT2D eigenvalue weighted by molar-refractivity contribution is -0.115. The van der Waals surface area contributed by atoms with E-state index in [2.05, 4.69) is 10.3 Å². The van der Waals surface area contributed by atoms with Gasteiger partial charge in [0, 0.05) is 22.9 Å². The third-order valence-electron chi connectivity index (χ3n) is 8.37. The number of amides is 1.